The van der Waals surface area contributed by atoms with E-state index in [4.69, 9.17) is 0 Å². The number of fused-ring (bicyclic) bond motifs is 3. The van der Waals surface area contributed by atoms with Crippen molar-refractivity contribution in [1.29, 1.82) is 0 Å². The molecule has 1 aromatic carbocycles. The molecule has 1 amide bonds. The van der Waals surface area contributed by atoms with Crippen molar-refractivity contribution in [2.75, 3.05) is 0 Å². The van der Waals surface area contributed by atoms with Crippen molar-refractivity contribution in [1.82, 2.24) is 9.88 Å². The van der Waals surface area contributed by atoms with E-state index in [0.29, 0.717) is 22.4 Å². The molecular formula is C24H31F3N2O2. The van der Waals surface area contributed by atoms with Crippen LogP contribution in [0.25, 0.3) is 10.9 Å². The van der Waals surface area contributed by atoms with E-state index in [1.54, 1.807) is 12.3 Å². The molecular weight excluding hydrogens is 405 g/mol. The second-order valence-corrected chi connectivity index (χ2v) is 10.3. The van der Waals surface area contributed by atoms with Gasteiger partial charge in [-0.15, -0.1) is 13.2 Å². The maximum Gasteiger partial charge on any atom is 0.573 e. The van der Waals surface area contributed by atoms with E-state index in [0.717, 1.165) is 25.7 Å². The summed E-state index contributed by atoms with van der Waals surface area (Å²) in [5.74, 6) is 0.259. The summed E-state index contributed by atoms with van der Waals surface area (Å²) in [6.07, 6.45) is 1.27. The largest absolute Gasteiger partial charge is 0.573 e. The molecule has 3 atom stereocenters. The third kappa shape index (κ3) is 4.55. The van der Waals surface area contributed by atoms with Gasteiger partial charge in [0.25, 0.3) is 0 Å². The molecule has 2 fully saturated rings. The van der Waals surface area contributed by atoms with Gasteiger partial charge in [-0.05, 0) is 60.6 Å². The number of carbonyl (C=O) groups excluding carboxylic acids is 1. The predicted octanol–water partition coefficient (Wildman–Crippen LogP) is 6.38. The first-order chi connectivity index (χ1) is 14.4. The molecule has 0 saturated carbocycles. The zero-order valence-corrected chi connectivity index (χ0v) is 18.6. The minimum Gasteiger partial charge on any atom is -0.405 e. The van der Waals surface area contributed by atoms with Crippen LogP contribution >= 0.6 is 0 Å². The summed E-state index contributed by atoms with van der Waals surface area (Å²) >= 11 is 0. The molecule has 2 aromatic rings. The number of rotatable bonds is 4. The number of hydrogen-bond acceptors (Lipinski definition) is 2. The van der Waals surface area contributed by atoms with Gasteiger partial charge in [0.2, 0.25) is 5.91 Å². The lowest BCUT2D eigenvalue weighted by molar-refractivity contribution is -0.274. The number of ether oxygens (including phenoxy) is 1. The van der Waals surface area contributed by atoms with E-state index in [-0.39, 0.29) is 41.5 Å². The lowest BCUT2D eigenvalue weighted by Crippen LogP contribution is -2.58. The number of amides is 1. The van der Waals surface area contributed by atoms with Gasteiger partial charge in [0.15, 0.2) is 0 Å². The minimum absolute atomic E-state index is 0.105. The molecule has 2 bridgehead atoms. The molecule has 4 rings (SSSR count). The van der Waals surface area contributed by atoms with Gasteiger partial charge < -0.3 is 14.6 Å². The third-order valence-corrected chi connectivity index (χ3v) is 6.94. The highest BCUT2D eigenvalue weighted by molar-refractivity contribution is 5.90. The van der Waals surface area contributed by atoms with Crippen molar-refractivity contribution in [3.8, 4) is 5.75 Å². The smallest absolute Gasteiger partial charge is 0.405 e. The molecule has 0 spiro atoms. The molecule has 2 aliphatic heterocycles. The highest BCUT2D eigenvalue weighted by atomic mass is 19.4. The number of H-pyrrole nitrogens is 1. The van der Waals surface area contributed by atoms with Crippen LogP contribution in [0.5, 0.6) is 5.75 Å². The predicted molar refractivity (Wildman–Crippen MR) is 114 cm³/mol. The van der Waals surface area contributed by atoms with Crippen LogP contribution in [0.4, 0.5) is 13.2 Å². The van der Waals surface area contributed by atoms with E-state index in [9.17, 15) is 18.0 Å². The monoisotopic (exact) mass is 436 g/mol. The minimum atomic E-state index is -4.77. The van der Waals surface area contributed by atoms with Gasteiger partial charge in [-0.3, -0.25) is 4.79 Å². The van der Waals surface area contributed by atoms with E-state index in [2.05, 4.69) is 35.4 Å². The fourth-order valence-corrected chi connectivity index (χ4v) is 5.93. The highest BCUT2D eigenvalue weighted by Crippen LogP contribution is 2.46. The Morgan fingerprint density at radius 3 is 2.52 bits per heavy atom. The van der Waals surface area contributed by atoms with Gasteiger partial charge in [-0.2, -0.15) is 0 Å². The van der Waals surface area contributed by atoms with E-state index < -0.39 is 6.36 Å². The number of aromatic nitrogens is 1. The summed E-state index contributed by atoms with van der Waals surface area (Å²) in [7, 11) is 0. The van der Waals surface area contributed by atoms with Crippen LogP contribution < -0.4 is 4.74 Å². The zero-order chi connectivity index (χ0) is 22.6. The van der Waals surface area contributed by atoms with Gasteiger partial charge in [0, 0.05) is 35.6 Å². The molecule has 2 aliphatic rings. The lowest BCUT2D eigenvalue weighted by atomic mass is 9.68. The van der Waals surface area contributed by atoms with Crippen LogP contribution in [0.1, 0.15) is 71.3 Å². The van der Waals surface area contributed by atoms with Gasteiger partial charge in [-0.25, -0.2) is 0 Å². The van der Waals surface area contributed by atoms with Crippen LogP contribution in [0.3, 0.4) is 0 Å². The van der Waals surface area contributed by atoms with Gasteiger partial charge in [-0.1, -0.05) is 33.8 Å². The molecule has 31 heavy (non-hydrogen) atoms. The van der Waals surface area contributed by atoms with Crippen molar-refractivity contribution in [2.45, 2.75) is 84.2 Å². The number of piperidine rings is 2. The van der Waals surface area contributed by atoms with Gasteiger partial charge >= 0.3 is 6.36 Å². The van der Waals surface area contributed by atoms with E-state index in [1.165, 1.54) is 12.1 Å². The Kier molecular flexibility index (Phi) is 5.51. The third-order valence-electron chi connectivity index (χ3n) is 6.94. The average Bonchev–Trinajstić information content (AvgIpc) is 3.03. The first-order valence-corrected chi connectivity index (χ1v) is 11.1. The zero-order valence-electron chi connectivity index (χ0n) is 18.6. The van der Waals surface area contributed by atoms with Crippen LogP contribution in [-0.2, 0) is 4.79 Å². The number of halogens is 3. The topological polar surface area (TPSA) is 45.3 Å². The van der Waals surface area contributed by atoms with Gasteiger partial charge in [0.05, 0.1) is 0 Å². The van der Waals surface area contributed by atoms with E-state index >= 15 is 0 Å². The van der Waals surface area contributed by atoms with Crippen molar-refractivity contribution in [3.63, 3.8) is 0 Å². The number of benzene rings is 1. The number of aromatic amines is 1. The molecule has 170 valence electrons. The summed E-state index contributed by atoms with van der Waals surface area (Å²) in [4.78, 5) is 18.5. The fourth-order valence-electron chi connectivity index (χ4n) is 5.93. The summed E-state index contributed by atoms with van der Waals surface area (Å²) in [6, 6.07) is 5.07. The van der Waals surface area contributed by atoms with Crippen LogP contribution in [-0.4, -0.2) is 34.2 Å². The first-order valence-electron chi connectivity index (χ1n) is 11.1. The first kappa shape index (κ1) is 22.0. The number of carbonyl (C=O) groups is 1. The maximum absolute atomic E-state index is 13.4. The Morgan fingerprint density at radius 1 is 1.26 bits per heavy atom. The molecule has 1 N–H and O–H groups in total. The number of alkyl halides is 3. The maximum atomic E-state index is 13.4. The summed E-state index contributed by atoms with van der Waals surface area (Å²) in [6.45, 7) is 8.72. The summed E-state index contributed by atoms with van der Waals surface area (Å²) in [5.41, 5.74) is 1.49. The standard InChI is InChI=1S/C24H31F3N2O2/c1-14-8-16-11-23(3,4)12-17(9-14)29(16)21(30)10-15(2)18-13-28-19-6-5-7-20(22(18)19)31-24(25,26)27/h5-7,13-17,28H,8-12H2,1-4H3. The number of nitrogens with zero attached hydrogens (tertiary/aromatic N) is 1. The SMILES string of the molecule is CC1CC2CC(C)(C)CC(C1)N2C(=O)CC(C)c1c[nH]c2cccc(OC(F)(F)F)c12. The summed E-state index contributed by atoms with van der Waals surface area (Å²) in [5, 5.41) is 0.397. The molecule has 0 aliphatic carbocycles. The second kappa shape index (κ2) is 7.75. The Balaban J connectivity index is 1.57. The molecule has 3 heterocycles. The van der Waals surface area contributed by atoms with Crippen LogP contribution in [0.2, 0.25) is 0 Å². The normalized spacial score (nSPS) is 26.7. The Labute approximate surface area is 181 Å². The molecule has 1 aromatic heterocycles. The van der Waals surface area contributed by atoms with Crippen LogP contribution in [0.15, 0.2) is 24.4 Å². The van der Waals surface area contributed by atoms with E-state index in [1.807, 2.05) is 6.92 Å². The van der Waals surface area contributed by atoms with Crippen molar-refractivity contribution >= 4 is 16.8 Å². The van der Waals surface area contributed by atoms with Crippen LogP contribution in [0, 0.1) is 11.3 Å². The highest BCUT2D eigenvalue weighted by Gasteiger charge is 2.45. The van der Waals surface area contributed by atoms with Crippen molar-refractivity contribution in [2.24, 2.45) is 11.3 Å². The Hall–Kier alpha value is -2.18. The Morgan fingerprint density at radius 2 is 1.90 bits per heavy atom. The number of hydrogen-bond donors (Lipinski definition) is 1. The lowest BCUT2D eigenvalue weighted by Gasteiger charge is -2.53. The van der Waals surface area contributed by atoms with Crippen molar-refractivity contribution in [3.05, 3.63) is 30.0 Å². The molecule has 2 saturated heterocycles. The molecule has 0 radical (unpaired) electrons. The molecule has 4 nitrogen and oxygen atoms in total. The second-order valence-electron chi connectivity index (χ2n) is 10.3. The summed E-state index contributed by atoms with van der Waals surface area (Å²) < 4.78 is 42.9. The molecule has 3 unspecified atom stereocenters. The fraction of sp³-hybridized carbons (Fsp3) is 0.625. The van der Waals surface area contributed by atoms with Crippen molar-refractivity contribution < 1.29 is 22.7 Å². The quantitative estimate of drug-likeness (QED) is 0.605. The van der Waals surface area contributed by atoms with Gasteiger partial charge in [0.1, 0.15) is 5.75 Å². The average molecular weight is 437 g/mol. The Bertz CT molecular complexity index is 947. The number of nitrogens with one attached hydrogen (secondary N) is 1. The molecule has 7 heteroatoms.